The maximum absolute atomic E-state index is 11.6. The Kier molecular flexibility index (Phi) is 2.30. The van der Waals surface area contributed by atoms with Gasteiger partial charge in [0.25, 0.3) is 5.91 Å². The molecule has 0 atom stereocenters. The normalized spacial score (nSPS) is 22.6. The molecule has 0 unspecified atom stereocenters. The van der Waals surface area contributed by atoms with E-state index in [1.54, 1.807) is 13.8 Å². The third-order valence-electron chi connectivity index (χ3n) is 3.11. The Morgan fingerprint density at radius 3 is 2.00 bits per heavy atom. The minimum Gasteiger partial charge on any atom is -0.381 e. The highest BCUT2D eigenvalue weighted by atomic mass is 16.3. The van der Waals surface area contributed by atoms with E-state index in [4.69, 9.17) is 0 Å². The lowest BCUT2D eigenvalue weighted by Gasteiger charge is -2.23. The van der Waals surface area contributed by atoms with Crippen LogP contribution in [-0.2, 0) is 4.79 Å². The Hall–Kier alpha value is -0.570. The quantitative estimate of drug-likeness (QED) is 0.708. The molecular weight excluding hydrogens is 178 g/mol. The van der Waals surface area contributed by atoms with Crippen LogP contribution in [0.1, 0.15) is 39.5 Å². The first-order valence-electron chi connectivity index (χ1n) is 5.52. The average Bonchev–Trinajstić information content (AvgIpc) is 2.90. The van der Waals surface area contributed by atoms with Crippen molar-refractivity contribution in [2.45, 2.75) is 51.2 Å². The van der Waals surface area contributed by atoms with E-state index < -0.39 is 5.60 Å². The van der Waals surface area contributed by atoms with E-state index in [9.17, 15) is 9.90 Å². The molecule has 1 amide bonds. The predicted molar refractivity (Wildman–Crippen MR) is 53.7 cm³/mol. The smallest absolute Gasteiger partial charge is 0.251 e. The largest absolute Gasteiger partial charge is 0.381 e. The molecule has 2 fully saturated rings. The number of carbonyl (C=O) groups excluding carboxylic acids is 1. The van der Waals surface area contributed by atoms with E-state index in [0.29, 0.717) is 17.9 Å². The molecule has 2 N–H and O–H groups in total. The summed E-state index contributed by atoms with van der Waals surface area (Å²) in [5.41, 5.74) is -1.23. The monoisotopic (exact) mass is 197 g/mol. The Morgan fingerprint density at radius 1 is 1.29 bits per heavy atom. The fraction of sp³-hybridized carbons (Fsp3) is 0.909. The summed E-state index contributed by atoms with van der Waals surface area (Å²) in [6.07, 6.45) is 4.97. The van der Waals surface area contributed by atoms with Gasteiger partial charge in [-0.3, -0.25) is 4.79 Å². The van der Waals surface area contributed by atoms with Gasteiger partial charge in [0.2, 0.25) is 0 Å². The third kappa shape index (κ3) is 2.27. The molecule has 80 valence electrons. The summed E-state index contributed by atoms with van der Waals surface area (Å²) in [6.45, 7) is 3.08. The zero-order valence-electron chi connectivity index (χ0n) is 8.92. The second kappa shape index (κ2) is 3.23. The van der Waals surface area contributed by atoms with Crippen LogP contribution in [0.4, 0.5) is 0 Å². The number of hydrogen-bond acceptors (Lipinski definition) is 2. The Balaban J connectivity index is 1.90. The molecule has 0 saturated heterocycles. The molecule has 0 aliphatic heterocycles. The van der Waals surface area contributed by atoms with Crippen LogP contribution in [0.5, 0.6) is 0 Å². The Bertz CT molecular complexity index is 224. The lowest BCUT2D eigenvalue weighted by Crippen LogP contribution is -2.48. The van der Waals surface area contributed by atoms with Crippen LogP contribution in [0.2, 0.25) is 0 Å². The minimum atomic E-state index is -1.23. The molecule has 0 radical (unpaired) electrons. The van der Waals surface area contributed by atoms with E-state index in [1.807, 2.05) is 0 Å². The summed E-state index contributed by atoms with van der Waals surface area (Å²) in [5, 5.41) is 12.5. The SMILES string of the molecule is CC(C)(O)C(=O)NC(C1CC1)C1CC1. The highest BCUT2D eigenvalue weighted by Crippen LogP contribution is 2.44. The van der Waals surface area contributed by atoms with E-state index in [-0.39, 0.29) is 5.91 Å². The van der Waals surface area contributed by atoms with Crippen molar-refractivity contribution in [3.63, 3.8) is 0 Å². The van der Waals surface area contributed by atoms with Crippen LogP contribution in [0.15, 0.2) is 0 Å². The van der Waals surface area contributed by atoms with Crippen molar-refractivity contribution < 1.29 is 9.90 Å². The van der Waals surface area contributed by atoms with Gasteiger partial charge in [0.1, 0.15) is 5.60 Å². The van der Waals surface area contributed by atoms with Crippen molar-refractivity contribution >= 4 is 5.91 Å². The van der Waals surface area contributed by atoms with Gasteiger partial charge in [0.15, 0.2) is 0 Å². The average molecular weight is 197 g/mol. The first-order chi connectivity index (χ1) is 6.48. The van der Waals surface area contributed by atoms with Gasteiger partial charge in [0, 0.05) is 6.04 Å². The molecule has 2 aliphatic carbocycles. The lowest BCUT2D eigenvalue weighted by atomic mass is 10.0. The molecular formula is C11H19NO2. The number of carbonyl (C=O) groups is 1. The third-order valence-corrected chi connectivity index (χ3v) is 3.11. The molecule has 0 bridgehead atoms. The van der Waals surface area contributed by atoms with Crippen LogP contribution < -0.4 is 5.32 Å². The first-order valence-corrected chi connectivity index (χ1v) is 5.52. The molecule has 0 heterocycles. The van der Waals surface area contributed by atoms with Gasteiger partial charge < -0.3 is 10.4 Å². The summed E-state index contributed by atoms with van der Waals surface area (Å²) in [6, 6.07) is 0.342. The lowest BCUT2D eigenvalue weighted by molar-refractivity contribution is -0.137. The number of aliphatic hydroxyl groups is 1. The van der Waals surface area contributed by atoms with Gasteiger partial charge in [0.05, 0.1) is 0 Å². The molecule has 0 spiro atoms. The van der Waals surface area contributed by atoms with Gasteiger partial charge in [-0.2, -0.15) is 0 Å². The second-order valence-electron chi connectivity index (χ2n) is 5.23. The Morgan fingerprint density at radius 2 is 1.71 bits per heavy atom. The van der Waals surface area contributed by atoms with Crippen molar-refractivity contribution in [2.75, 3.05) is 0 Å². The second-order valence-corrected chi connectivity index (χ2v) is 5.23. The summed E-state index contributed by atoms with van der Waals surface area (Å²) in [4.78, 5) is 11.6. The summed E-state index contributed by atoms with van der Waals surface area (Å²) in [7, 11) is 0. The van der Waals surface area contributed by atoms with Crippen molar-refractivity contribution in [3.05, 3.63) is 0 Å². The standard InChI is InChI=1S/C11H19NO2/c1-11(2,14)10(13)12-9(7-3-4-7)8-5-6-8/h7-9,14H,3-6H2,1-2H3,(H,12,13). The molecule has 0 aromatic heterocycles. The van der Waals surface area contributed by atoms with Crippen molar-refractivity contribution in [3.8, 4) is 0 Å². The summed E-state index contributed by atoms with van der Waals surface area (Å²) in [5.74, 6) is 1.16. The molecule has 2 rings (SSSR count). The van der Waals surface area contributed by atoms with Gasteiger partial charge in [-0.1, -0.05) is 0 Å². The highest BCUT2D eigenvalue weighted by Gasteiger charge is 2.43. The highest BCUT2D eigenvalue weighted by molar-refractivity contribution is 5.84. The van der Waals surface area contributed by atoms with Crippen molar-refractivity contribution in [2.24, 2.45) is 11.8 Å². The summed E-state index contributed by atoms with van der Waals surface area (Å²) < 4.78 is 0. The molecule has 0 aromatic rings. The van der Waals surface area contributed by atoms with Crippen LogP contribution in [-0.4, -0.2) is 22.7 Å². The van der Waals surface area contributed by atoms with Crippen LogP contribution in [0.25, 0.3) is 0 Å². The number of amides is 1. The maximum atomic E-state index is 11.6. The first kappa shape index (κ1) is 9.97. The number of rotatable bonds is 4. The molecule has 2 aliphatic rings. The van der Waals surface area contributed by atoms with E-state index >= 15 is 0 Å². The van der Waals surface area contributed by atoms with E-state index in [0.717, 1.165) is 0 Å². The maximum Gasteiger partial charge on any atom is 0.251 e. The minimum absolute atomic E-state index is 0.221. The predicted octanol–water partition coefficient (Wildman–Crippen LogP) is 1.06. The fourth-order valence-electron chi connectivity index (χ4n) is 1.86. The van der Waals surface area contributed by atoms with Crippen LogP contribution in [0, 0.1) is 11.8 Å². The zero-order valence-corrected chi connectivity index (χ0v) is 8.92. The number of hydrogen-bond donors (Lipinski definition) is 2. The molecule has 3 nitrogen and oxygen atoms in total. The molecule has 0 aromatic carbocycles. The van der Waals surface area contributed by atoms with Crippen LogP contribution >= 0.6 is 0 Å². The fourth-order valence-corrected chi connectivity index (χ4v) is 1.86. The van der Waals surface area contributed by atoms with Gasteiger partial charge in [-0.15, -0.1) is 0 Å². The van der Waals surface area contributed by atoms with Crippen LogP contribution in [0.3, 0.4) is 0 Å². The van der Waals surface area contributed by atoms with Gasteiger partial charge in [-0.05, 0) is 51.4 Å². The zero-order chi connectivity index (χ0) is 10.3. The Labute approximate surface area is 84.9 Å². The topological polar surface area (TPSA) is 49.3 Å². The molecule has 3 heteroatoms. The summed E-state index contributed by atoms with van der Waals surface area (Å²) >= 11 is 0. The van der Waals surface area contributed by atoms with Crippen molar-refractivity contribution in [1.82, 2.24) is 5.32 Å². The molecule has 14 heavy (non-hydrogen) atoms. The van der Waals surface area contributed by atoms with E-state index in [1.165, 1.54) is 25.7 Å². The van der Waals surface area contributed by atoms with Gasteiger partial charge >= 0.3 is 0 Å². The van der Waals surface area contributed by atoms with E-state index in [2.05, 4.69) is 5.32 Å². The van der Waals surface area contributed by atoms with Gasteiger partial charge in [-0.25, -0.2) is 0 Å². The van der Waals surface area contributed by atoms with Crippen molar-refractivity contribution in [1.29, 1.82) is 0 Å². The number of nitrogens with one attached hydrogen (secondary N) is 1. The molecule has 2 saturated carbocycles.